The van der Waals surface area contributed by atoms with Crippen molar-refractivity contribution >= 4 is 16.7 Å². The number of piperidine rings is 1. The number of hydrogen-bond acceptors (Lipinski definition) is 4. The Hall–Kier alpha value is -2.96. The summed E-state index contributed by atoms with van der Waals surface area (Å²) in [5.41, 5.74) is 4.90. The van der Waals surface area contributed by atoms with Gasteiger partial charge >= 0.3 is 0 Å². The zero-order valence-electron chi connectivity index (χ0n) is 20.1. The van der Waals surface area contributed by atoms with Gasteiger partial charge in [0, 0.05) is 55.3 Å². The van der Waals surface area contributed by atoms with E-state index in [9.17, 15) is 9.59 Å². The molecular formula is C28H33N3O3. The molecule has 6 heteroatoms. The second kappa shape index (κ2) is 9.72. The maximum absolute atomic E-state index is 13.6. The fourth-order valence-corrected chi connectivity index (χ4v) is 5.49. The van der Waals surface area contributed by atoms with Gasteiger partial charge < -0.3 is 14.6 Å². The summed E-state index contributed by atoms with van der Waals surface area (Å²) in [6, 6.07) is 14.2. The Morgan fingerprint density at radius 1 is 1.09 bits per heavy atom. The number of likely N-dealkylation sites (tertiary alicyclic amines) is 1. The number of pyridine rings is 1. The fraction of sp³-hybridized carbons (Fsp3) is 0.429. The highest BCUT2D eigenvalue weighted by Crippen LogP contribution is 2.29. The van der Waals surface area contributed by atoms with E-state index < -0.39 is 0 Å². The number of carbonyl (C=O) groups excluding carboxylic acids is 1. The standard InChI is InChI=1S/C28H33N3O3/c1-19-14-20(2)26-23(15-19)16-25(29-27(26)32)22-7-5-9-31(18-22)28(33)24-8-4-3-6-21(24)17-30-10-12-34-13-11-30/h3-4,6,8,14-16,22H,5,7,9-13,17-18H2,1-2H3,(H,29,32). The molecule has 2 aromatic carbocycles. The number of H-pyrrole nitrogens is 1. The maximum atomic E-state index is 13.6. The molecule has 0 radical (unpaired) electrons. The van der Waals surface area contributed by atoms with Gasteiger partial charge in [-0.1, -0.05) is 35.9 Å². The molecule has 0 spiro atoms. The van der Waals surface area contributed by atoms with Gasteiger partial charge in [-0.25, -0.2) is 0 Å². The molecule has 0 saturated carbocycles. The molecule has 1 amide bonds. The van der Waals surface area contributed by atoms with Crippen LogP contribution in [0.25, 0.3) is 10.8 Å². The van der Waals surface area contributed by atoms with Gasteiger partial charge in [-0.2, -0.15) is 0 Å². The Morgan fingerprint density at radius 2 is 1.88 bits per heavy atom. The number of aromatic amines is 1. The summed E-state index contributed by atoms with van der Waals surface area (Å²) in [5, 5.41) is 1.74. The van der Waals surface area contributed by atoms with E-state index in [0.717, 1.165) is 91.0 Å². The van der Waals surface area contributed by atoms with Gasteiger partial charge in [0.25, 0.3) is 11.5 Å². The highest BCUT2D eigenvalue weighted by atomic mass is 16.5. The Morgan fingerprint density at radius 3 is 2.71 bits per heavy atom. The van der Waals surface area contributed by atoms with Gasteiger partial charge in [-0.15, -0.1) is 0 Å². The minimum absolute atomic E-state index is 0.0377. The molecule has 0 bridgehead atoms. The van der Waals surface area contributed by atoms with Crippen molar-refractivity contribution in [1.29, 1.82) is 0 Å². The largest absolute Gasteiger partial charge is 0.379 e. The van der Waals surface area contributed by atoms with Crippen LogP contribution in [-0.2, 0) is 11.3 Å². The van der Waals surface area contributed by atoms with E-state index in [1.165, 1.54) is 0 Å². The lowest BCUT2D eigenvalue weighted by Crippen LogP contribution is -2.40. The monoisotopic (exact) mass is 459 g/mol. The van der Waals surface area contributed by atoms with Crippen LogP contribution in [0.1, 0.15) is 51.5 Å². The number of nitrogens with zero attached hydrogens (tertiary/aromatic N) is 2. The quantitative estimate of drug-likeness (QED) is 0.641. The molecule has 2 aliphatic heterocycles. The average Bonchev–Trinajstić information content (AvgIpc) is 2.84. The molecule has 1 aromatic heterocycles. The molecule has 1 N–H and O–H groups in total. The third-order valence-electron chi connectivity index (χ3n) is 7.20. The SMILES string of the molecule is Cc1cc(C)c2c(=O)[nH]c(C3CCCN(C(=O)c4ccccc4CN4CCOCC4)C3)cc2c1. The third kappa shape index (κ3) is 4.65. The van der Waals surface area contributed by atoms with Crippen LogP contribution in [0.4, 0.5) is 0 Å². The second-order valence-corrected chi connectivity index (χ2v) is 9.74. The fourth-order valence-electron chi connectivity index (χ4n) is 5.49. The minimum Gasteiger partial charge on any atom is -0.379 e. The number of hydrogen-bond donors (Lipinski definition) is 1. The summed E-state index contributed by atoms with van der Waals surface area (Å²) >= 11 is 0. The molecule has 2 fully saturated rings. The van der Waals surface area contributed by atoms with E-state index in [1.54, 1.807) is 0 Å². The number of amides is 1. The molecule has 34 heavy (non-hydrogen) atoms. The molecule has 2 aliphatic rings. The number of fused-ring (bicyclic) bond motifs is 1. The minimum atomic E-state index is -0.0377. The molecule has 1 unspecified atom stereocenters. The summed E-state index contributed by atoms with van der Waals surface area (Å²) < 4.78 is 5.47. The molecule has 0 aliphatic carbocycles. The van der Waals surface area contributed by atoms with Crippen LogP contribution in [0, 0.1) is 13.8 Å². The number of carbonyl (C=O) groups is 1. The Bertz CT molecular complexity index is 1260. The number of nitrogens with one attached hydrogen (secondary N) is 1. The normalized spacial score (nSPS) is 19.5. The highest BCUT2D eigenvalue weighted by molar-refractivity contribution is 5.96. The molecular weight excluding hydrogens is 426 g/mol. The Balaban J connectivity index is 1.38. The van der Waals surface area contributed by atoms with Gasteiger partial charge in [-0.3, -0.25) is 14.5 Å². The summed E-state index contributed by atoms with van der Waals surface area (Å²) in [7, 11) is 0. The van der Waals surface area contributed by atoms with Gasteiger partial charge in [0.2, 0.25) is 0 Å². The molecule has 3 aromatic rings. The summed E-state index contributed by atoms with van der Waals surface area (Å²) in [5.74, 6) is 0.213. The number of aromatic nitrogens is 1. The van der Waals surface area contributed by atoms with E-state index in [-0.39, 0.29) is 17.4 Å². The van der Waals surface area contributed by atoms with Crippen LogP contribution in [0.5, 0.6) is 0 Å². The molecule has 5 rings (SSSR count). The highest BCUT2D eigenvalue weighted by Gasteiger charge is 2.28. The average molecular weight is 460 g/mol. The smallest absolute Gasteiger partial charge is 0.256 e. The number of aryl methyl sites for hydroxylation is 2. The zero-order chi connectivity index (χ0) is 23.7. The topological polar surface area (TPSA) is 65.6 Å². The Kier molecular flexibility index (Phi) is 6.53. The van der Waals surface area contributed by atoms with E-state index in [2.05, 4.69) is 35.0 Å². The summed E-state index contributed by atoms with van der Waals surface area (Å²) in [6.07, 6.45) is 1.89. The van der Waals surface area contributed by atoms with Crippen LogP contribution >= 0.6 is 0 Å². The molecule has 1 atom stereocenters. The van der Waals surface area contributed by atoms with Crippen molar-refractivity contribution < 1.29 is 9.53 Å². The van der Waals surface area contributed by atoms with Crippen LogP contribution in [0.3, 0.4) is 0 Å². The van der Waals surface area contributed by atoms with E-state index in [4.69, 9.17) is 4.74 Å². The molecule has 3 heterocycles. The number of benzene rings is 2. The molecule has 6 nitrogen and oxygen atoms in total. The number of ether oxygens (including phenoxy) is 1. The van der Waals surface area contributed by atoms with Crippen molar-refractivity contribution in [2.24, 2.45) is 0 Å². The molecule has 178 valence electrons. The van der Waals surface area contributed by atoms with Crippen LogP contribution in [-0.4, -0.2) is 60.1 Å². The van der Waals surface area contributed by atoms with Gasteiger partial charge in [0.05, 0.1) is 13.2 Å². The van der Waals surface area contributed by atoms with Gasteiger partial charge in [0.1, 0.15) is 0 Å². The molecule has 2 saturated heterocycles. The van der Waals surface area contributed by atoms with Crippen molar-refractivity contribution in [2.75, 3.05) is 39.4 Å². The van der Waals surface area contributed by atoms with Gasteiger partial charge in [-0.05, 0) is 55.3 Å². The van der Waals surface area contributed by atoms with Crippen molar-refractivity contribution in [3.63, 3.8) is 0 Å². The predicted molar refractivity (Wildman–Crippen MR) is 134 cm³/mol. The Labute approximate surface area is 200 Å². The van der Waals surface area contributed by atoms with Crippen molar-refractivity contribution in [3.05, 3.63) is 80.8 Å². The summed E-state index contributed by atoms with van der Waals surface area (Å²) in [6.45, 7) is 9.45. The second-order valence-electron chi connectivity index (χ2n) is 9.74. The number of rotatable bonds is 4. The first-order valence-corrected chi connectivity index (χ1v) is 12.3. The first kappa shape index (κ1) is 22.8. The lowest BCUT2D eigenvalue weighted by Gasteiger charge is -2.34. The van der Waals surface area contributed by atoms with Crippen LogP contribution in [0.2, 0.25) is 0 Å². The van der Waals surface area contributed by atoms with Gasteiger partial charge in [0.15, 0.2) is 0 Å². The number of morpholine rings is 1. The maximum Gasteiger partial charge on any atom is 0.256 e. The lowest BCUT2D eigenvalue weighted by atomic mass is 9.92. The van der Waals surface area contributed by atoms with E-state index >= 15 is 0 Å². The van der Waals surface area contributed by atoms with Crippen molar-refractivity contribution in [2.45, 2.75) is 39.2 Å². The van der Waals surface area contributed by atoms with Crippen molar-refractivity contribution in [3.8, 4) is 0 Å². The van der Waals surface area contributed by atoms with E-state index in [1.807, 2.05) is 36.1 Å². The lowest BCUT2D eigenvalue weighted by molar-refractivity contribution is 0.0339. The predicted octanol–water partition coefficient (Wildman–Crippen LogP) is 4.00. The van der Waals surface area contributed by atoms with Crippen LogP contribution in [0.15, 0.2) is 47.3 Å². The first-order valence-electron chi connectivity index (χ1n) is 12.3. The third-order valence-corrected chi connectivity index (χ3v) is 7.20. The van der Waals surface area contributed by atoms with E-state index in [0.29, 0.717) is 6.54 Å². The first-order chi connectivity index (χ1) is 16.5. The summed E-state index contributed by atoms with van der Waals surface area (Å²) in [4.78, 5) is 34.0. The van der Waals surface area contributed by atoms with Crippen LogP contribution < -0.4 is 5.56 Å². The zero-order valence-corrected chi connectivity index (χ0v) is 20.1. The van der Waals surface area contributed by atoms with Crippen molar-refractivity contribution in [1.82, 2.24) is 14.8 Å².